The largest absolute Gasteiger partial charge is 0.481 e. The van der Waals surface area contributed by atoms with E-state index in [1.165, 1.54) is 0 Å². The van der Waals surface area contributed by atoms with Gasteiger partial charge in [0.1, 0.15) is 0 Å². The second-order valence-electron chi connectivity index (χ2n) is 6.74. The molecule has 1 unspecified atom stereocenters. The lowest BCUT2D eigenvalue weighted by atomic mass is 9.76. The first-order chi connectivity index (χ1) is 8.73. The number of aliphatic carboxylic acids is 1. The minimum absolute atomic E-state index is 0.158. The van der Waals surface area contributed by atoms with Gasteiger partial charge in [-0.1, -0.05) is 13.8 Å². The average molecular weight is 266 g/mol. The highest BCUT2D eigenvalue weighted by atomic mass is 16.4. The Kier molecular flexibility index (Phi) is 4.98. The Labute approximate surface area is 116 Å². The van der Waals surface area contributed by atoms with E-state index in [4.69, 9.17) is 5.26 Å². The first-order valence-electron chi connectivity index (χ1n) is 7.10. The fourth-order valence-corrected chi connectivity index (χ4v) is 2.80. The van der Waals surface area contributed by atoms with E-state index in [0.717, 1.165) is 32.4 Å². The van der Waals surface area contributed by atoms with Crippen molar-refractivity contribution in [1.29, 1.82) is 5.26 Å². The van der Waals surface area contributed by atoms with E-state index in [-0.39, 0.29) is 11.3 Å². The lowest BCUT2D eigenvalue weighted by molar-refractivity contribution is -0.151. The van der Waals surface area contributed by atoms with Crippen molar-refractivity contribution in [3.05, 3.63) is 0 Å². The van der Waals surface area contributed by atoms with Crippen molar-refractivity contribution in [2.45, 2.75) is 47.0 Å². The Morgan fingerprint density at radius 3 is 2.58 bits per heavy atom. The van der Waals surface area contributed by atoms with Crippen LogP contribution in [-0.4, -0.2) is 35.6 Å². The van der Waals surface area contributed by atoms with Crippen LogP contribution in [-0.2, 0) is 4.79 Å². The summed E-state index contributed by atoms with van der Waals surface area (Å²) in [4.78, 5) is 13.8. The summed E-state index contributed by atoms with van der Waals surface area (Å²) < 4.78 is 0. The summed E-state index contributed by atoms with van der Waals surface area (Å²) in [6.45, 7) is 10.3. The molecular formula is C15H26N2O2. The van der Waals surface area contributed by atoms with Gasteiger partial charge in [-0.3, -0.25) is 4.79 Å². The van der Waals surface area contributed by atoms with Crippen LogP contribution in [0.25, 0.3) is 0 Å². The smallest absolute Gasteiger partial charge is 0.311 e. The summed E-state index contributed by atoms with van der Waals surface area (Å²) in [5, 5.41) is 18.4. The number of rotatable bonds is 6. The lowest BCUT2D eigenvalue weighted by Gasteiger charge is -2.29. The number of likely N-dealkylation sites (tertiary alicyclic amines) is 1. The van der Waals surface area contributed by atoms with Crippen molar-refractivity contribution < 1.29 is 9.90 Å². The molecule has 1 heterocycles. The Morgan fingerprint density at radius 1 is 1.53 bits per heavy atom. The van der Waals surface area contributed by atoms with Crippen molar-refractivity contribution in [2.75, 3.05) is 19.6 Å². The summed E-state index contributed by atoms with van der Waals surface area (Å²) in [7, 11) is 0. The van der Waals surface area contributed by atoms with E-state index in [0.29, 0.717) is 6.54 Å². The molecule has 4 heteroatoms. The zero-order valence-corrected chi connectivity index (χ0v) is 12.6. The minimum atomic E-state index is -0.664. The normalized spacial score (nSPS) is 24.6. The van der Waals surface area contributed by atoms with Crippen molar-refractivity contribution in [1.82, 2.24) is 4.90 Å². The Morgan fingerprint density at radius 2 is 2.16 bits per heavy atom. The van der Waals surface area contributed by atoms with Crippen LogP contribution >= 0.6 is 0 Å². The monoisotopic (exact) mass is 266 g/mol. The highest BCUT2D eigenvalue weighted by molar-refractivity contribution is 5.75. The molecule has 0 radical (unpaired) electrons. The van der Waals surface area contributed by atoms with Gasteiger partial charge in [-0.2, -0.15) is 5.26 Å². The summed E-state index contributed by atoms with van der Waals surface area (Å²) in [6, 6.07) is 2.31. The number of carboxylic acids is 1. The van der Waals surface area contributed by atoms with E-state index in [1.807, 2.05) is 27.7 Å². The van der Waals surface area contributed by atoms with Crippen molar-refractivity contribution in [3.63, 3.8) is 0 Å². The quantitative estimate of drug-likeness (QED) is 0.803. The molecule has 0 amide bonds. The van der Waals surface area contributed by atoms with E-state index >= 15 is 0 Å². The molecule has 0 aliphatic carbocycles. The third-order valence-electron chi connectivity index (χ3n) is 4.49. The molecule has 0 aromatic rings. The molecule has 1 saturated heterocycles. The van der Waals surface area contributed by atoms with Crippen LogP contribution in [0.1, 0.15) is 47.0 Å². The van der Waals surface area contributed by atoms with Gasteiger partial charge in [0.25, 0.3) is 0 Å². The molecule has 0 saturated carbocycles. The molecule has 0 bridgehead atoms. The third kappa shape index (κ3) is 3.70. The van der Waals surface area contributed by atoms with E-state index < -0.39 is 11.4 Å². The second kappa shape index (κ2) is 5.92. The molecule has 0 aromatic heterocycles. The lowest BCUT2D eigenvalue weighted by Crippen LogP contribution is -2.39. The fourth-order valence-electron chi connectivity index (χ4n) is 2.80. The first-order valence-corrected chi connectivity index (χ1v) is 7.10. The fraction of sp³-hybridized carbons (Fsp3) is 0.867. The average Bonchev–Trinajstić information content (AvgIpc) is 2.74. The van der Waals surface area contributed by atoms with Gasteiger partial charge in [-0.25, -0.2) is 0 Å². The van der Waals surface area contributed by atoms with Gasteiger partial charge in [-0.15, -0.1) is 0 Å². The summed E-state index contributed by atoms with van der Waals surface area (Å²) >= 11 is 0. The van der Waals surface area contributed by atoms with Crippen LogP contribution < -0.4 is 0 Å². The topological polar surface area (TPSA) is 64.3 Å². The van der Waals surface area contributed by atoms with E-state index in [2.05, 4.69) is 11.0 Å². The maximum atomic E-state index is 11.5. The number of nitriles is 1. The molecule has 1 N–H and O–H groups in total. The predicted molar refractivity (Wildman–Crippen MR) is 74.6 cm³/mol. The molecule has 1 rings (SSSR count). The van der Waals surface area contributed by atoms with Gasteiger partial charge in [0.05, 0.1) is 16.9 Å². The molecule has 0 spiro atoms. The van der Waals surface area contributed by atoms with Gasteiger partial charge in [-0.05, 0) is 52.1 Å². The number of hydrogen-bond acceptors (Lipinski definition) is 3. The molecule has 4 nitrogen and oxygen atoms in total. The molecule has 1 aliphatic heterocycles. The summed E-state index contributed by atoms with van der Waals surface area (Å²) in [6.07, 6.45) is 2.55. The molecular weight excluding hydrogens is 240 g/mol. The standard InChI is InChI=1S/C15H26N2O2/c1-12(2)15(13(18)19)7-9-17(11-15)8-5-6-14(3,4)10-16/h12H,5-9,11H2,1-4H3,(H,18,19). The summed E-state index contributed by atoms with van der Waals surface area (Å²) in [5.41, 5.74) is -0.855. The van der Waals surface area contributed by atoms with E-state index in [9.17, 15) is 9.90 Å². The maximum Gasteiger partial charge on any atom is 0.311 e. The number of nitrogens with zero attached hydrogens (tertiary/aromatic N) is 2. The van der Waals surface area contributed by atoms with Crippen molar-refractivity contribution >= 4 is 5.97 Å². The van der Waals surface area contributed by atoms with Crippen LogP contribution in [0.2, 0.25) is 0 Å². The van der Waals surface area contributed by atoms with Crippen molar-refractivity contribution in [2.24, 2.45) is 16.7 Å². The highest BCUT2D eigenvalue weighted by Gasteiger charge is 2.46. The van der Waals surface area contributed by atoms with Gasteiger partial charge in [0, 0.05) is 6.54 Å². The minimum Gasteiger partial charge on any atom is -0.481 e. The van der Waals surface area contributed by atoms with Gasteiger partial charge in [0.2, 0.25) is 0 Å². The van der Waals surface area contributed by atoms with Crippen LogP contribution in [0.3, 0.4) is 0 Å². The molecule has 1 atom stereocenters. The van der Waals surface area contributed by atoms with Gasteiger partial charge >= 0.3 is 5.97 Å². The van der Waals surface area contributed by atoms with Crippen LogP contribution in [0, 0.1) is 28.1 Å². The molecule has 19 heavy (non-hydrogen) atoms. The van der Waals surface area contributed by atoms with E-state index in [1.54, 1.807) is 0 Å². The first kappa shape index (κ1) is 16.0. The Bertz CT molecular complexity index is 371. The number of carboxylic acid groups (broad SMARTS) is 1. The zero-order valence-electron chi connectivity index (χ0n) is 12.6. The Hall–Kier alpha value is -1.08. The molecule has 1 fully saturated rings. The summed E-state index contributed by atoms with van der Waals surface area (Å²) in [5.74, 6) is -0.507. The third-order valence-corrected chi connectivity index (χ3v) is 4.49. The maximum absolute atomic E-state index is 11.5. The van der Waals surface area contributed by atoms with Gasteiger partial charge in [0.15, 0.2) is 0 Å². The molecule has 1 aliphatic rings. The van der Waals surface area contributed by atoms with Crippen molar-refractivity contribution in [3.8, 4) is 6.07 Å². The van der Waals surface area contributed by atoms with Crippen LogP contribution in [0.4, 0.5) is 0 Å². The van der Waals surface area contributed by atoms with Crippen LogP contribution in [0.15, 0.2) is 0 Å². The Balaban J connectivity index is 2.49. The zero-order chi connectivity index (χ0) is 14.7. The highest BCUT2D eigenvalue weighted by Crippen LogP contribution is 2.38. The second-order valence-corrected chi connectivity index (χ2v) is 6.74. The number of carbonyl (C=O) groups is 1. The SMILES string of the molecule is CC(C)C1(C(=O)O)CCN(CCCC(C)(C)C#N)C1. The van der Waals surface area contributed by atoms with Gasteiger partial charge < -0.3 is 10.0 Å². The van der Waals surface area contributed by atoms with Crippen LogP contribution in [0.5, 0.6) is 0 Å². The number of hydrogen-bond donors (Lipinski definition) is 1. The molecule has 108 valence electrons. The molecule has 0 aromatic carbocycles. The predicted octanol–water partition coefficient (Wildman–Crippen LogP) is 2.75.